The van der Waals surface area contributed by atoms with Crippen LogP contribution in [-0.2, 0) is 25.7 Å². The van der Waals surface area contributed by atoms with Gasteiger partial charge in [-0.15, -0.1) is 0 Å². The number of carboxylic acid groups (broad SMARTS) is 2. The summed E-state index contributed by atoms with van der Waals surface area (Å²) in [6.45, 7) is 7.47. The van der Waals surface area contributed by atoms with E-state index in [0.717, 1.165) is 38.8 Å². The van der Waals surface area contributed by atoms with Crippen LogP contribution in [0.15, 0.2) is 122 Å². The van der Waals surface area contributed by atoms with Crippen LogP contribution in [-0.4, -0.2) is 96.3 Å². The highest BCUT2D eigenvalue weighted by molar-refractivity contribution is 5.94. The summed E-state index contributed by atoms with van der Waals surface area (Å²) in [4.78, 5) is 40.3. The molecule has 6 aromatic rings. The molecule has 8 rings (SSSR count). The van der Waals surface area contributed by atoms with Crippen molar-refractivity contribution >= 4 is 46.1 Å². The lowest BCUT2D eigenvalue weighted by Crippen LogP contribution is -2.36. The fourth-order valence-electron chi connectivity index (χ4n) is 8.66. The molecule has 4 aromatic carbocycles. The summed E-state index contributed by atoms with van der Waals surface area (Å²) in [7, 11) is 8.44. The number of hydrogen-bond donors (Lipinski definition) is 4. The van der Waals surface area contributed by atoms with E-state index in [0.29, 0.717) is 24.5 Å². The van der Waals surface area contributed by atoms with Crippen molar-refractivity contribution < 1.29 is 19.8 Å². The van der Waals surface area contributed by atoms with Gasteiger partial charge in [0, 0.05) is 75.4 Å². The first-order valence-electron chi connectivity index (χ1n) is 22.1. The average Bonchev–Trinajstić information content (AvgIpc) is 3.33. The van der Waals surface area contributed by atoms with Gasteiger partial charge in [0.25, 0.3) is 0 Å². The van der Waals surface area contributed by atoms with Gasteiger partial charge in [0.15, 0.2) is 0 Å². The number of aromatic carboxylic acids is 2. The molecule has 64 heavy (non-hydrogen) atoms. The maximum atomic E-state index is 11.5. The Morgan fingerprint density at radius 3 is 1.33 bits per heavy atom. The first kappa shape index (κ1) is 45.3. The Hall–Kier alpha value is -6.76. The van der Waals surface area contributed by atoms with Crippen molar-refractivity contribution in [2.24, 2.45) is 0 Å². The van der Waals surface area contributed by atoms with Crippen molar-refractivity contribution in [2.45, 2.75) is 51.6 Å². The minimum atomic E-state index is -0.952. The molecular formula is C52H60N8O4. The molecule has 332 valence electrons. The molecule has 0 fully saturated rings. The van der Waals surface area contributed by atoms with Gasteiger partial charge in [0.1, 0.15) is 0 Å². The molecule has 0 bridgehead atoms. The maximum Gasteiger partial charge on any atom is 0.337 e. The number of nitrogens with zero attached hydrogens (tertiary/aromatic N) is 6. The number of aryl methyl sites for hydroxylation is 2. The Kier molecular flexibility index (Phi) is 14.6. The molecule has 4 heterocycles. The molecule has 0 amide bonds. The smallest absolute Gasteiger partial charge is 0.337 e. The summed E-state index contributed by atoms with van der Waals surface area (Å²) in [5, 5.41) is 25.5. The molecule has 0 aliphatic carbocycles. The molecule has 12 heteroatoms. The Morgan fingerprint density at radius 2 is 0.969 bits per heavy atom. The van der Waals surface area contributed by atoms with Gasteiger partial charge in [-0.25, -0.2) is 9.59 Å². The number of nitrogens with one attached hydrogen (secondary N) is 2. The van der Waals surface area contributed by atoms with Crippen molar-refractivity contribution in [1.29, 1.82) is 0 Å². The van der Waals surface area contributed by atoms with Crippen molar-refractivity contribution in [1.82, 2.24) is 19.8 Å². The highest BCUT2D eigenvalue weighted by Crippen LogP contribution is 2.36. The third-order valence-corrected chi connectivity index (χ3v) is 12.8. The van der Waals surface area contributed by atoms with Gasteiger partial charge < -0.3 is 30.6 Å². The van der Waals surface area contributed by atoms with Gasteiger partial charge in [-0.1, -0.05) is 50.2 Å². The van der Waals surface area contributed by atoms with Crippen molar-refractivity contribution in [2.75, 3.05) is 74.8 Å². The molecule has 2 aromatic heterocycles. The van der Waals surface area contributed by atoms with E-state index in [1.54, 1.807) is 12.4 Å². The van der Waals surface area contributed by atoms with E-state index in [4.69, 9.17) is 0 Å². The van der Waals surface area contributed by atoms with E-state index < -0.39 is 11.9 Å². The lowest BCUT2D eigenvalue weighted by Gasteiger charge is -2.35. The summed E-state index contributed by atoms with van der Waals surface area (Å²) in [5.74, 6) is -1.90. The first-order valence-corrected chi connectivity index (χ1v) is 22.1. The van der Waals surface area contributed by atoms with Crippen LogP contribution >= 0.6 is 0 Å². The number of anilines is 6. The summed E-state index contributed by atoms with van der Waals surface area (Å²) in [6.07, 6.45) is 10.2. The highest BCUT2D eigenvalue weighted by atomic mass is 16.4. The summed E-state index contributed by atoms with van der Waals surface area (Å²) < 4.78 is 0. The van der Waals surface area contributed by atoms with Gasteiger partial charge in [-0.3, -0.25) is 19.8 Å². The molecule has 0 saturated carbocycles. The SMILES string of the molecule is CCc1ccc(N(C)c2ccc3c(c2)CCN(C)[C@@H]3CNc2cnccc2C(=O)O)cc1.CCc1ccc(N(C)c2ccc3c(c2)CCN(C)[C@H]3CNc2cnccc2C(=O)O)cc1. The standard InChI is InChI=1S/2C26H30N4O2/c2*1-4-18-5-7-20(8-6-18)30(3)21-9-10-22-19(15-21)12-14-29(2)25(22)17-28-24-16-27-13-11-23(24)26(31)32/h2*5-11,13,15-16,25,28H,4,12,14,17H2,1-3H3,(H,31,32)/t2*25-/m10/s1. The molecule has 2 atom stereocenters. The molecule has 0 spiro atoms. The summed E-state index contributed by atoms with van der Waals surface area (Å²) in [5.41, 5.74) is 14.2. The summed E-state index contributed by atoms with van der Waals surface area (Å²) in [6, 6.07) is 34.1. The zero-order chi connectivity index (χ0) is 45.3. The number of aromatic nitrogens is 2. The molecule has 2 aliphatic rings. The third kappa shape index (κ3) is 10.4. The minimum absolute atomic E-state index is 0.156. The van der Waals surface area contributed by atoms with Gasteiger partial charge in [0.2, 0.25) is 0 Å². The van der Waals surface area contributed by atoms with E-state index in [2.05, 4.69) is 167 Å². The largest absolute Gasteiger partial charge is 0.478 e. The number of carbonyl (C=O) groups is 2. The van der Waals surface area contributed by atoms with Crippen LogP contribution < -0.4 is 20.4 Å². The number of pyridine rings is 2. The van der Waals surface area contributed by atoms with Crippen molar-refractivity contribution in [3.05, 3.63) is 166 Å². The van der Waals surface area contributed by atoms with E-state index in [1.807, 2.05) is 0 Å². The van der Waals surface area contributed by atoms with Crippen molar-refractivity contribution in [3.8, 4) is 0 Å². The Labute approximate surface area is 377 Å². The number of benzene rings is 4. The Balaban J connectivity index is 0.000000191. The zero-order valence-corrected chi connectivity index (χ0v) is 37.8. The van der Waals surface area contributed by atoms with Crippen LogP contribution in [0, 0.1) is 0 Å². The van der Waals surface area contributed by atoms with Crippen LogP contribution in [0.2, 0.25) is 0 Å². The van der Waals surface area contributed by atoms with E-state index >= 15 is 0 Å². The van der Waals surface area contributed by atoms with Gasteiger partial charge in [0.05, 0.1) is 47.0 Å². The van der Waals surface area contributed by atoms with E-state index in [9.17, 15) is 19.8 Å². The van der Waals surface area contributed by atoms with Gasteiger partial charge in [-0.05, 0) is 134 Å². The molecule has 0 saturated heterocycles. The fraction of sp³-hybridized carbons (Fsp3) is 0.308. The quantitative estimate of drug-likeness (QED) is 0.0831. The average molecular weight is 861 g/mol. The van der Waals surface area contributed by atoms with Crippen LogP contribution in [0.3, 0.4) is 0 Å². The Morgan fingerprint density at radius 1 is 0.594 bits per heavy atom. The fourth-order valence-corrected chi connectivity index (χ4v) is 8.66. The lowest BCUT2D eigenvalue weighted by atomic mass is 9.92. The predicted molar refractivity (Wildman–Crippen MR) is 258 cm³/mol. The first-order chi connectivity index (χ1) is 30.9. The zero-order valence-electron chi connectivity index (χ0n) is 37.8. The number of fused-ring (bicyclic) bond motifs is 2. The monoisotopic (exact) mass is 860 g/mol. The Bertz CT molecular complexity index is 2370. The molecule has 2 aliphatic heterocycles. The van der Waals surface area contributed by atoms with Gasteiger partial charge >= 0.3 is 11.9 Å². The number of carboxylic acids is 2. The van der Waals surface area contributed by atoms with Crippen LogP contribution in [0.4, 0.5) is 34.1 Å². The highest BCUT2D eigenvalue weighted by Gasteiger charge is 2.27. The molecular weight excluding hydrogens is 801 g/mol. The third-order valence-electron chi connectivity index (χ3n) is 12.8. The van der Waals surface area contributed by atoms with E-state index in [1.165, 1.54) is 80.7 Å². The second-order valence-corrected chi connectivity index (χ2v) is 16.6. The molecule has 12 nitrogen and oxygen atoms in total. The second kappa shape index (κ2) is 20.6. The van der Waals surface area contributed by atoms with Crippen LogP contribution in [0.25, 0.3) is 0 Å². The topological polar surface area (TPSA) is 137 Å². The molecule has 4 N–H and O–H groups in total. The molecule has 0 radical (unpaired) electrons. The maximum absolute atomic E-state index is 11.5. The van der Waals surface area contributed by atoms with Crippen molar-refractivity contribution in [3.63, 3.8) is 0 Å². The normalized spacial score (nSPS) is 15.8. The second-order valence-electron chi connectivity index (χ2n) is 16.6. The molecule has 0 unspecified atom stereocenters. The minimum Gasteiger partial charge on any atom is -0.478 e. The van der Waals surface area contributed by atoms with E-state index in [-0.39, 0.29) is 23.2 Å². The number of likely N-dealkylation sites (N-methyl/N-ethyl adjacent to an activating group) is 2. The number of hydrogen-bond acceptors (Lipinski definition) is 10. The van der Waals surface area contributed by atoms with Crippen LogP contribution in [0.1, 0.15) is 80.0 Å². The van der Waals surface area contributed by atoms with Crippen LogP contribution in [0.5, 0.6) is 0 Å². The number of rotatable bonds is 14. The predicted octanol–water partition coefficient (Wildman–Crippen LogP) is 9.50. The summed E-state index contributed by atoms with van der Waals surface area (Å²) >= 11 is 0. The van der Waals surface area contributed by atoms with Gasteiger partial charge in [-0.2, -0.15) is 0 Å². The lowest BCUT2D eigenvalue weighted by molar-refractivity contribution is 0.0687.